The molecule has 0 heterocycles. The molecule has 6 heavy (non-hydrogen) atoms. The Balaban J connectivity index is 2.86. The van der Waals surface area contributed by atoms with Crippen molar-refractivity contribution < 1.29 is 4.46 Å². The van der Waals surface area contributed by atoms with Crippen molar-refractivity contribution in [3.05, 3.63) is 0 Å². The van der Waals surface area contributed by atoms with Crippen LogP contribution in [0.15, 0.2) is 0 Å². The van der Waals surface area contributed by atoms with Crippen LogP contribution in [-0.4, -0.2) is 14.7 Å². The number of rotatable bonds is 2. The van der Waals surface area contributed by atoms with Crippen molar-refractivity contribution in [2.75, 3.05) is 0 Å². The first-order valence-corrected chi connectivity index (χ1v) is 3.09. The molecule has 0 aromatic rings. The van der Waals surface area contributed by atoms with Crippen molar-refractivity contribution in [2.45, 2.75) is 19.8 Å². The zero-order chi connectivity index (χ0) is 4.83. The van der Waals surface area contributed by atoms with Crippen molar-refractivity contribution in [3.63, 3.8) is 0 Å². The molecule has 0 aromatic heterocycles. The van der Waals surface area contributed by atoms with Gasteiger partial charge in [-0.3, -0.25) is 0 Å². The molecule has 0 unspecified atom stereocenters. The van der Waals surface area contributed by atoms with Crippen molar-refractivity contribution in [2.24, 2.45) is 0 Å². The molecule has 0 rings (SSSR count). The van der Waals surface area contributed by atoms with Gasteiger partial charge < -0.3 is 4.46 Å². The lowest BCUT2D eigenvalue weighted by Gasteiger charge is -1.71. The molecule has 0 aliphatic rings. The lowest BCUT2D eigenvalue weighted by molar-refractivity contribution is 0.587. The van der Waals surface area contributed by atoms with Crippen molar-refractivity contribution in [3.8, 4) is 0 Å². The Morgan fingerprint density at radius 1 is 1.83 bits per heavy atom. The van der Waals surface area contributed by atoms with Crippen LogP contribution in [0.25, 0.3) is 0 Å². The van der Waals surface area contributed by atoms with Gasteiger partial charge in [0.2, 0.25) is 0 Å². The summed E-state index contributed by atoms with van der Waals surface area (Å²) >= 11 is 0. The molecule has 0 fully saturated rings. The molecule has 0 aliphatic carbocycles. The van der Waals surface area contributed by atoms with E-state index in [0.29, 0.717) is 0 Å². The van der Waals surface area contributed by atoms with Crippen LogP contribution in [0.1, 0.15) is 19.8 Å². The summed E-state index contributed by atoms with van der Waals surface area (Å²) in [7, 11) is -0.210. The van der Waals surface area contributed by atoms with E-state index >= 15 is 0 Å². The first kappa shape index (κ1) is 5.89. The van der Waals surface area contributed by atoms with E-state index in [-0.39, 0.29) is 9.02 Å². The zero-order valence-electron chi connectivity index (χ0n) is 3.90. The molecule has 34 valence electrons. The number of unbranched alkanes of at least 4 members (excludes halogenated alkanes) is 1. The van der Waals surface area contributed by atoms with Crippen LogP contribution < -0.4 is 0 Å². The molecule has 0 amide bonds. The van der Waals surface area contributed by atoms with Gasteiger partial charge in [-0.2, -0.15) is 0 Å². The summed E-state index contributed by atoms with van der Waals surface area (Å²) in [6.07, 6.45) is 2.09. The average molecular weight is 100 g/mol. The molecule has 0 atom stereocenters. The summed E-state index contributed by atoms with van der Waals surface area (Å²) in [6.45, 7) is 2.07. The highest BCUT2D eigenvalue weighted by Crippen LogP contribution is 1.74. The standard InChI is InChI=1S/C4H8OSi/c1-2-3-4-6-5/h4H,2-3H2,1H3. The largest absolute Gasteiger partial charge is 0.326 e. The molecule has 0 N–H and O–H groups in total. The van der Waals surface area contributed by atoms with E-state index in [4.69, 9.17) is 0 Å². The second-order valence-electron chi connectivity index (χ2n) is 1.11. The predicted molar refractivity (Wildman–Crippen MR) is 27.4 cm³/mol. The maximum absolute atomic E-state index is 9.66. The molecule has 0 aliphatic heterocycles. The fourth-order valence-electron chi connectivity index (χ4n) is 0.203. The molecule has 0 saturated heterocycles. The highest BCUT2D eigenvalue weighted by molar-refractivity contribution is 6.33. The van der Waals surface area contributed by atoms with Gasteiger partial charge in [0.15, 0.2) is 0 Å². The van der Waals surface area contributed by atoms with Gasteiger partial charge in [0.1, 0.15) is 0 Å². The summed E-state index contributed by atoms with van der Waals surface area (Å²) < 4.78 is 9.66. The Morgan fingerprint density at radius 2 is 2.50 bits per heavy atom. The Bertz CT molecular complexity index is 63.9. The highest BCUT2D eigenvalue weighted by atomic mass is 28.2. The average Bonchev–Trinajstić information content (AvgIpc) is 1.61. The molecule has 0 bridgehead atoms. The minimum atomic E-state index is -0.210. The number of hydrogen-bond donors (Lipinski definition) is 0. The molecule has 0 saturated carbocycles. The van der Waals surface area contributed by atoms with E-state index in [1.807, 2.05) is 0 Å². The van der Waals surface area contributed by atoms with Crippen molar-refractivity contribution >= 4 is 14.7 Å². The van der Waals surface area contributed by atoms with E-state index in [2.05, 4.69) is 6.92 Å². The quantitative estimate of drug-likeness (QED) is 0.465. The Kier molecular flexibility index (Phi) is 4.79. The summed E-state index contributed by atoms with van der Waals surface area (Å²) in [4.78, 5) is 0. The van der Waals surface area contributed by atoms with Gasteiger partial charge in [-0.1, -0.05) is 13.3 Å². The van der Waals surface area contributed by atoms with Gasteiger partial charge in [0, 0.05) is 0 Å². The van der Waals surface area contributed by atoms with Gasteiger partial charge in [-0.05, 0) is 12.1 Å². The van der Waals surface area contributed by atoms with E-state index in [0.717, 1.165) is 12.8 Å². The Morgan fingerprint density at radius 3 is 2.67 bits per heavy atom. The highest BCUT2D eigenvalue weighted by Gasteiger charge is 1.66. The molecule has 1 nitrogen and oxygen atoms in total. The maximum atomic E-state index is 9.66. The van der Waals surface area contributed by atoms with Crippen LogP contribution in [0, 0.1) is 0 Å². The minimum absolute atomic E-state index is 0.210. The smallest absolute Gasteiger partial charge is 0.256 e. The van der Waals surface area contributed by atoms with Crippen molar-refractivity contribution in [1.82, 2.24) is 0 Å². The number of hydrogen-bond acceptors (Lipinski definition) is 1. The van der Waals surface area contributed by atoms with Gasteiger partial charge in [-0.25, -0.2) is 0 Å². The van der Waals surface area contributed by atoms with E-state index < -0.39 is 0 Å². The Labute approximate surface area is 39.9 Å². The van der Waals surface area contributed by atoms with Crippen LogP contribution in [0.3, 0.4) is 0 Å². The van der Waals surface area contributed by atoms with Crippen molar-refractivity contribution in [1.29, 1.82) is 0 Å². The molecule has 2 heteroatoms. The van der Waals surface area contributed by atoms with Gasteiger partial charge in [0.05, 0.1) is 0 Å². The lowest BCUT2D eigenvalue weighted by Crippen LogP contribution is -1.70. The second kappa shape index (κ2) is 4.89. The van der Waals surface area contributed by atoms with Gasteiger partial charge in [-0.15, -0.1) is 0 Å². The molecular weight excluding hydrogens is 92.1 g/mol. The fraction of sp³-hybridized carbons (Fsp3) is 0.750. The monoisotopic (exact) mass is 100 g/mol. The van der Waals surface area contributed by atoms with E-state index in [1.54, 1.807) is 5.67 Å². The maximum Gasteiger partial charge on any atom is 0.256 e. The SMILES string of the molecule is CCCC=[Si]=O. The van der Waals surface area contributed by atoms with Gasteiger partial charge >= 0.3 is 0 Å². The Hall–Kier alpha value is -0.113. The minimum Gasteiger partial charge on any atom is -0.326 e. The van der Waals surface area contributed by atoms with Crippen LogP contribution in [0.5, 0.6) is 0 Å². The summed E-state index contributed by atoms with van der Waals surface area (Å²) in [5.41, 5.74) is 1.78. The van der Waals surface area contributed by atoms with Gasteiger partial charge in [0.25, 0.3) is 9.02 Å². The van der Waals surface area contributed by atoms with Crippen LogP contribution >= 0.6 is 0 Å². The summed E-state index contributed by atoms with van der Waals surface area (Å²) in [5.74, 6) is 0. The molecule has 0 radical (unpaired) electrons. The summed E-state index contributed by atoms with van der Waals surface area (Å²) in [6, 6.07) is 0. The zero-order valence-corrected chi connectivity index (χ0v) is 4.90. The fourth-order valence-corrected chi connectivity index (χ4v) is 0.610. The summed E-state index contributed by atoms with van der Waals surface area (Å²) in [5, 5.41) is 0. The van der Waals surface area contributed by atoms with E-state index in [9.17, 15) is 4.46 Å². The van der Waals surface area contributed by atoms with E-state index in [1.165, 1.54) is 0 Å². The molecule has 0 aromatic carbocycles. The first-order valence-electron chi connectivity index (χ1n) is 2.11. The predicted octanol–water partition coefficient (Wildman–Crippen LogP) is 0.638. The van der Waals surface area contributed by atoms with Crippen LogP contribution in [0.2, 0.25) is 0 Å². The topological polar surface area (TPSA) is 17.1 Å². The second-order valence-corrected chi connectivity index (χ2v) is 1.75. The molecule has 0 spiro atoms. The van der Waals surface area contributed by atoms with Crippen LogP contribution in [0.4, 0.5) is 0 Å². The molecular formula is C4H8OSi. The third-order valence-corrected chi connectivity index (χ3v) is 0.972. The first-order chi connectivity index (χ1) is 2.91. The third kappa shape index (κ3) is 3.89. The third-order valence-electron chi connectivity index (χ3n) is 0.516. The lowest BCUT2D eigenvalue weighted by atomic mass is 10.4. The normalized spacial score (nSPS) is 6.83. The van der Waals surface area contributed by atoms with Crippen LogP contribution in [-0.2, 0) is 4.46 Å².